The number of hydrogen-bond acceptors (Lipinski definition) is 5. The molecule has 5 aromatic carbocycles. The first-order valence-corrected chi connectivity index (χ1v) is 18.3. The van der Waals surface area contributed by atoms with Gasteiger partial charge in [-0.1, -0.05) is 0 Å². The third-order valence-electron chi connectivity index (χ3n) is 7.84. The van der Waals surface area contributed by atoms with E-state index in [0.717, 1.165) is 22.3 Å². The van der Waals surface area contributed by atoms with Crippen LogP contribution in [-0.2, 0) is 50.1 Å². The molecule has 5 atom stereocenters. The Balaban J connectivity index is 1.31. The molecule has 0 saturated carbocycles. The van der Waals surface area contributed by atoms with Crippen LogP contribution >= 0.6 is 0 Å². The van der Waals surface area contributed by atoms with Crippen LogP contribution in [0.2, 0.25) is 0 Å². The van der Waals surface area contributed by atoms with Crippen molar-refractivity contribution in [1.82, 2.24) is 0 Å². The normalized spacial score (nSPS) is 21.2. The molecule has 1 aliphatic heterocycles. The summed E-state index contributed by atoms with van der Waals surface area (Å²) in [5.41, 5.74) is 4.43. The molecule has 0 spiro atoms. The topological polar surface area (TPSA) is 46.2 Å². The predicted octanol–water partition coefficient (Wildman–Crippen LogP) is 6.71. The first-order chi connectivity index (χ1) is 22.8. The van der Waals surface area contributed by atoms with Crippen molar-refractivity contribution >= 4 is 24.5 Å². The van der Waals surface area contributed by atoms with Gasteiger partial charge in [0.2, 0.25) is 0 Å². The van der Waals surface area contributed by atoms with Crippen molar-refractivity contribution in [2.45, 2.75) is 55.0 Å². The van der Waals surface area contributed by atoms with E-state index in [1.165, 1.54) is 3.61 Å². The number of rotatable bonds is 15. The summed E-state index contributed by atoms with van der Waals surface area (Å²) in [5, 5.41) is 0. The molecule has 1 aliphatic rings. The fourth-order valence-corrected chi connectivity index (χ4v) is 8.75. The fraction of sp³-hybridized carbons (Fsp3) is 0.250. The second kappa shape index (κ2) is 17.6. The Kier molecular flexibility index (Phi) is 12.5. The van der Waals surface area contributed by atoms with Gasteiger partial charge in [-0.3, -0.25) is 0 Å². The molecule has 1 fully saturated rings. The number of benzene rings is 5. The molecule has 0 aromatic heterocycles. The van der Waals surface area contributed by atoms with Gasteiger partial charge in [-0.25, -0.2) is 0 Å². The van der Waals surface area contributed by atoms with Gasteiger partial charge < -0.3 is 0 Å². The molecular formula is C40H40O5Te. The molecule has 5 nitrogen and oxygen atoms in total. The maximum atomic E-state index is 7.02. The second-order valence-corrected chi connectivity index (χ2v) is 14.6. The molecule has 0 aliphatic carbocycles. The van der Waals surface area contributed by atoms with E-state index in [1.807, 2.05) is 72.8 Å². The van der Waals surface area contributed by atoms with Gasteiger partial charge in [0.15, 0.2) is 0 Å². The second-order valence-electron chi connectivity index (χ2n) is 11.3. The Morgan fingerprint density at radius 3 is 1.30 bits per heavy atom. The quantitative estimate of drug-likeness (QED) is 0.112. The van der Waals surface area contributed by atoms with Crippen molar-refractivity contribution < 1.29 is 23.7 Å². The molecule has 236 valence electrons. The molecule has 1 saturated heterocycles. The molecule has 0 unspecified atom stereocenters. The van der Waals surface area contributed by atoms with Crippen molar-refractivity contribution in [3.8, 4) is 0 Å². The van der Waals surface area contributed by atoms with Crippen molar-refractivity contribution in [2.75, 3.05) is 6.61 Å². The van der Waals surface area contributed by atoms with Crippen LogP contribution in [-0.4, -0.2) is 56.1 Å². The van der Waals surface area contributed by atoms with Crippen LogP contribution in [0, 0.1) is 0 Å². The van der Waals surface area contributed by atoms with Crippen LogP contribution in [0.4, 0.5) is 0 Å². The van der Waals surface area contributed by atoms with Gasteiger partial charge >= 0.3 is 284 Å². The van der Waals surface area contributed by atoms with Gasteiger partial charge in [0, 0.05) is 0 Å². The van der Waals surface area contributed by atoms with E-state index in [4.69, 9.17) is 23.7 Å². The van der Waals surface area contributed by atoms with E-state index < -0.39 is 27.0 Å². The summed E-state index contributed by atoms with van der Waals surface area (Å²) in [6, 6.07) is 51.7. The first kappa shape index (κ1) is 32.6. The Labute approximate surface area is 282 Å². The SMILES string of the molecule is c1ccc(COC[C@H]2O[C@H]([Te]c3ccccc3)[C@H](OCc3ccccc3)[C@@H](OCc3ccccc3)[C@@H]2OCc2ccccc2)cc1. The molecule has 0 N–H and O–H groups in total. The zero-order valence-corrected chi connectivity index (χ0v) is 28.1. The maximum absolute atomic E-state index is 7.02. The van der Waals surface area contributed by atoms with Gasteiger partial charge in [0.25, 0.3) is 0 Å². The summed E-state index contributed by atoms with van der Waals surface area (Å²) in [5.74, 6) is 0. The first-order valence-electron chi connectivity index (χ1n) is 15.8. The summed E-state index contributed by atoms with van der Waals surface area (Å²) in [6.45, 7) is 2.20. The third kappa shape index (κ3) is 9.61. The molecule has 1 heterocycles. The average molecular weight is 728 g/mol. The van der Waals surface area contributed by atoms with E-state index >= 15 is 0 Å². The molecule has 6 heteroatoms. The standard InChI is InChI=1S/C40H40O5Te/c1-6-16-31(17-7-1)26-41-30-36-37(42-27-32-18-8-2-9-19-32)38(43-28-33-20-10-3-11-21-33)39(44-29-34-22-12-4-13-23-34)40(45-36)46-35-24-14-5-15-25-35/h1-25,36-40H,26-30H2/t36-,37-,38+,39-,40-/m1/s1. The Morgan fingerprint density at radius 2 is 0.826 bits per heavy atom. The van der Waals surface area contributed by atoms with E-state index in [2.05, 4.69) is 78.9 Å². The van der Waals surface area contributed by atoms with Gasteiger partial charge in [-0.05, 0) is 0 Å². The zero-order valence-electron chi connectivity index (χ0n) is 25.8. The van der Waals surface area contributed by atoms with Crippen LogP contribution in [0.1, 0.15) is 22.3 Å². The van der Waals surface area contributed by atoms with Crippen molar-refractivity contribution in [2.24, 2.45) is 0 Å². The monoisotopic (exact) mass is 730 g/mol. The molecule has 6 rings (SSSR count). The van der Waals surface area contributed by atoms with Crippen molar-refractivity contribution in [3.05, 3.63) is 174 Å². The van der Waals surface area contributed by atoms with Crippen molar-refractivity contribution in [3.63, 3.8) is 0 Å². The third-order valence-corrected chi connectivity index (χ3v) is 11.1. The molecular weight excluding hydrogens is 688 g/mol. The van der Waals surface area contributed by atoms with Crippen LogP contribution in [0.25, 0.3) is 0 Å². The zero-order chi connectivity index (χ0) is 31.2. The van der Waals surface area contributed by atoms with E-state index in [9.17, 15) is 0 Å². The molecule has 46 heavy (non-hydrogen) atoms. The Hall–Kier alpha value is -3.31. The number of hydrogen-bond donors (Lipinski definition) is 0. The predicted molar refractivity (Wildman–Crippen MR) is 182 cm³/mol. The van der Waals surface area contributed by atoms with E-state index in [1.54, 1.807) is 0 Å². The molecule has 0 radical (unpaired) electrons. The number of ether oxygens (including phenoxy) is 5. The van der Waals surface area contributed by atoms with Crippen LogP contribution in [0.15, 0.2) is 152 Å². The summed E-state index contributed by atoms with van der Waals surface area (Å²) in [6.07, 6.45) is -1.48. The summed E-state index contributed by atoms with van der Waals surface area (Å²) in [7, 11) is 0. The summed E-state index contributed by atoms with van der Waals surface area (Å²) < 4.78 is 35.0. The molecule has 0 amide bonds. The molecule has 0 bridgehead atoms. The van der Waals surface area contributed by atoms with E-state index in [-0.39, 0.29) is 22.5 Å². The summed E-state index contributed by atoms with van der Waals surface area (Å²) >= 11 is -0.844. The summed E-state index contributed by atoms with van der Waals surface area (Å²) in [4.78, 5) is 0. The Bertz CT molecular complexity index is 1540. The van der Waals surface area contributed by atoms with Crippen molar-refractivity contribution in [1.29, 1.82) is 0 Å². The fourth-order valence-electron chi connectivity index (χ4n) is 5.48. The van der Waals surface area contributed by atoms with Crippen LogP contribution in [0.5, 0.6) is 0 Å². The van der Waals surface area contributed by atoms with Gasteiger partial charge in [0.05, 0.1) is 0 Å². The van der Waals surface area contributed by atoms with Crippen LogP contribution < -0.4 is 3.61 Å². The minimum atomic E-state index is -0.844. The average Bonchev–Trinajstić information content (AvgIpc) is 3.12. The minimum absolute atomic E-state index is 0.154. The molecule has 5 aromatic rings. The van der Waals surface area contributed by atoms with E-state index in [0.29, 0.717) is 33.0 Å². The Morgan fingerprint density at radius 1 is 0.435 bits per heavy atom. The van der Waals surface area contributed by atoms with Gasteiger partial charge in [-0.15, -0.1) is 0 Å². The van der Waals surface area contributed by atoms with Gasteiger partial charge in [-0.2, -0.15) is 0 Å². The van der Waals surface area contributed by atoms with Gasteiger partial charge in [0.1, 0.15) is 0 Å². The van der Waals surface area contributed by atoms with Crippen LogP contribution in [0.3, 0.4) is 0 Å².